The van der Waals surface area contributed by atoms with Gasteiger partial charge in [-0.15, -0.1) is 0 Å². The van der Waals surface area contributed by atoms with Gasteiger partial charge in [0.2, 0.25) is 0 Å². The minimum Gasteiger partial charge on any atom is -0.508 e. The van der Waals surface area contributed by atoms with Crippen molar-refractivity contribution in [2.24, 2.45) is 5.41 Å². The normalized spacial score (nSPS) is 16.8. The monoisotopic (exact) mass is 283 g/mol. The van der Waals surface area contributed by atoms with Gasteiger partial charge in [0, 0.05) is 30.4 Å². The first kappa shape index (κ1) is 13.9. The molecule has 0 saturated heterocycles. The Balaban J connectivity index is 1.78. The molecule has 3 rings (SSSR count). The number of phenolic OH excluding ortho intramolecular Hbond substituents is 1. The maximum absolute atomic E-state index is 12.2. The first-order chi connectivity index (χ1) is 9.94. The summed E-state index contributed by atoms with van der Waals surface area (Å²) in [6.45, 7) is 5.18. The van der Waals surface area contributed by atoms with Crippen LogP contribution in [0.1, 0.15) is 41.9 Å². The Labute approximate surface area is 125 Å². The lowest BCUT2D eigenvalue weighted by molar-refractivity contribution is 0.0910. The van der Waals surface area contributed by atoms with Crippen LogP contribution in [-0.4, -0.2) is 15.5 Å². The van der Waals surface area contributed by atoms with E-state index in [2.05, 4.69) is 18.4 Å². The van der Waals surface area contributed by atoms with Crippen LogP contribution in [0.15, 0.2) is 36.5 Å². The van der Waals surface area contributed by atoms with Gasteiger partial charge in [-0.1, -0.05) is 26.0 Å². The molecule has 3 nitrogen and oxygen atoms in total. The van der Waals surface area contributed by atoms with Crippen LogP contribution in [0.5, 0.6) is 5.75 Å². The van der Waals surface area contributed by atoms with Crippen LogP contribution in [0.2, 0.25) is 0 Å². The molecule has 0 saturated carbocycles. The van der Waals surface area contributed by atoms with Crippen LogP contribution in [0.25, 0.3) is 0 Å². The van der Waals surface area contributed by atoms with E-state index in [-0.39, 0.29) is 11.2 Å². The Kier molecular flexibility index (Phi) is 3.36. The van der Waals surface area contributed by atoms with E-state index in [0.29, 0.717) is 12.2 Å². The van der Waals surface area contributed by atoms with E-state index in [1.165, 1.54) is 11.3 Å². The second-order valence-electron chi connectivity index (χ2n) is 6.73. The molecule has 1 heterocycles. The fraction of sp³-hybridized carbons (Fsp3) is 0.389. The van der Waals surface area contributed by atoms with E-state index in [9.17, 15) is 9.90 Å². The van der Waals surface area contributed by atoms with Crippen LogP contribution in [-0.2, 0) is 19.4 Å². The van der Waals surface area contributed by atoms with Crippen molar-refractivity contribution >= 4 is 5.78 Å². The van der Waals surface area contributed by atoms with Crippen LogP contribution in [0.4, 0.5) is 0 Å². The van der Waals surface area contributed by atoms with Crippen molar-refractivity contribution in [1.82, 2.24) is 4.57 Å². The Bertz CT molecular complexity index is 665. The number of aryl methyl sites for hydroxylation is 2. The van der Waals surface area contributed by atoms with Crippen molar-refractivity contribution in [1.29, 1.82) is 0 Å². The molecule has 0 atom stereocenters. The van der Waals surface area contributed by atoms with E-state index in [1.807, 2.05) is 24.4 Å². The van der Waals surface area contributed by atoms with Crippen LogP contribution >= 0.6 is 0 Å². The molecule has 0 radical (unpaired) electrons. The molecular weight excluding hydrogens is 262 g/mol. The lowest BCUT2D eigenvalue weighted by Crippen LogP contribution is -2.28. The second kappa shape index (κ2) is 5.06. The van der Waals surface area contributed by atoms with Crippen molar-refractivity contribution in [3.63, 3.8) is 0 Å². The Morgan fingerprint density at radius 3 is 2.57 bits per heavy atom. The molecule has 0 fully saturated rings. The lowest BCUT2D eigenvalue weighted by Gasteiger charge is -2.29. The summed E-state index contributed by atoms with van der Waals surface area (Å²) in [6, 6.07) is 9.28. The quantitative estimate of drug-likeness (QED) is 0.935. The number of fused-ring (bicyclic) bond motifs is 1. The van der Waals surface area contributed by atoms with Gasteiger partial charge in [-0.2, -0.15) is 0 Å². The highest BCUT2D eigenvalue weighted by molar-refractivity contribution is 5.98. The third kappa shape index (κ3) is 2.87. The van der Waals surface area contributed by atoms with Crippen LogP contribution in [0, 0.1) is 5.41 Å². The number of benzene rings is 1. The predicted octanol–water partition coefficient (Wildman–Crippen LogP) is 3.59. The average Bonchev–Trinajstić information content (AvgIpc) is 2.80. The van der Waals surface area contributed by atoms with Crippen molar-refractivity contribution in [2.75, 3.05) is 0 Å². The summed E-state index contributed by atoms with van der Waals surface area (Å²) in [5.41, 5.74) is 3.32. The molecule has 0 unspecified atom stereocenters. The highest BCUT2D eigenvalue weighted by Gasteiger charge is 2.32. The molecule has 1 aliphatic carbocycles. The third-order valence-corrected chi connectivity index (χ3v) is 4.24. The highest BCUT2D eigenvalue weighted by atomic mass is 16.3. The molecule has 2 aromatic rings. The average molecular weight is 283 g/mol. The van der Waals surface area contributed by atoms with Gasteiger partial charge in [-0.05, 0) is 42.0 Å². The summed E-state index contributed by atoms with van der Waals surface area (Å²) >= 11 is 0. The number of hydrogen-bond acceptors (Lipinski definition) is 2. The van der Waals surface area contributed by atoms with Gasteiger partial charge in [0.1, 0.15) is 5.75 Å². The summed E-state index contributed by atoms with van der Waals surface area (Å²) in [6.07, 6.45) is 4.53. The number of ketones is 1. The van der Waals surface area contributed by atoms with Gasteiger partial charge in [-0.25, -0.2) is 0 Å². The minimum atomic E-state index is 0.0543. The first-order valence-corrected chi connectivity index (χ1v) is 7.44. The number of rotatable bonds is 3. The van der Waals surface area contributed by atoms with E-state index in [4.69, 9.17) is 0 Å². The highest BCUT2D eigenvalue weighted by Crippen LogP contribution is 2.35. The molecule has 110 valence electrons. The van der Waals surface area contributed by atoms with E-state index < -0.39 is 0 Å². The molecule has 0 amide bonds. The predicted molar refractivity (Wildman–Crippen MR) is 82.7 cm³/mol. The maximum atomic E-state index is 12.2. The summed E-state index contributed by atoms with van der Waals surface area (Å²) < 4.78 is 2.21. The standard InChI is InChI=1S/C18H21NO2/c1-18(2)11-16-15(17(21)12-18)8-10-19(16)9-7-13-3-5-14(20)6-4-13/h3-6,8,10,20H,7,9,11-12H2,1-2H3. The lowest BCUT2D eigenvalue weighted by atomic mass is 9.76. The Morgan fingerprint density at radius 1 is 1.14 bits per heavy atom. The van der Waals surface area contributed by atoms with E-state index >= 15 is 0 Å². The van der Waals surface area contributed by atoms with Crippen LogP contribution in [0.3, 0.4) is 0 Å². The molecule has 1 aliphatic rings. The van der Waals surface area contributed by atoms with Crippen molar-refractivity contribution < 1.29 is 9.90 Å². The largest absolute Gasteiger partial charge is 0.508 e. The minimum absolute atomic E-state index is 0.0543. The molecule has 1 aromatic heterocycles. The number of phenols is 1. The van der Waals surface area contributed by atoms with E-state index in [0.717, 1.165) is 24.9 Å². The number of carbonyl (C=O) groups excluding carboxylic acids is 1. The third-order valence-electron chi connectivity index (χ3n) is 4.24. The zero-order valence-corrected chi connectivity index (χ0v) is 12.6. The van der Waals surface area contributed by atoms with E-state index in [1.54, 1.807) is 12.1 Å². The van der Waals surface area contributed by atoms with Gasteiger partial charge >= 0.3 is 0 Å². The Hall–Kier alpha value is -2.03. The van der Waals surface area contributed by atoms with Gasteiger partial charge < -0.3 is 9.67 Å². The SMILES string of the molecule is CC1(C)CC(=O)c2ccn(CCc3ccc(O)cc3)c2C1. The Morgan fingerprint density at radius 2 is 1.86 bits per heavy atom. The number of Topliss-reactive ketones (excluding diaryl/α,β-unsaturated/α-hetero) is 1. The molecule has 0 bridgehead atoms. The molecular formula is C18H21NO2. The van der Waals surface area contributed by atoms with Gasteiger partial charge in [0.15, 0.2) is 5.78 Å². The topological polar surface area (TPSA) is 42.2 Å². The number of hydrogen-bond donors (Lipinski definition) is 1. The number of aromatic hydroxyl groups is 1. The fourth-order valence-corrected chi connectivity index (χ4v) is 3.12. The molecule has 1 N–H and O–H groups in total. The van der Waals surface area contributed by atoms with Gasteiger partial charge in [0.05, 0.1) is 0 Å². The number of carbonyl (C=O) groups is 1. The maximum Gasteiger partial charge on any atom is 0.165 e. The first-order valence-electron chi connectivity index (χ1n) is 7.44. The summed E-state index contributed by atoms with van der Waals surface area (Å²) in [5, 5.41) is 9.31. The molecule has 21 heavy (non-hydrogen) atoms. The fourth-order valence-electron chi connectivity index (χ4n) is 3.12. The molecule has 0 aliphatic heterocycles. The second-order valence-corrected chi connectivity index (χ2v) is 6.73. The van der Waals surface area contributed by atoms with Crippen molar-refractivity contribution in [3.05, 3.63) is 53.3 Å². The van der Waals surface area contributed by atoms with Crippen molar-refractivity contribution in [3.8, 4) is 5.75 Å². The molecule has 1 aromatic carbocycles. The van der Waals surface area contributed by atoms with Gasteiger partial charge in [0.25, 0.3) is 0 Å². The summed E-state index contributed by atoms with van der Waals surface area (Å²) in [7, 11) is 0. The van der Waals surface area contributed by atoms with Gasteiger partial charge in [-0.3, -0.25) is 4.79 Å². The molecule has 0 spiro atoms. The smallest absolute Gasteiger partial charge is 0.165 e. The summed E-state index contributed by atoms with van der Waals surface area (Å²) in [4.78, 5) is 12.2. The van der Waals surface area contributed by atoms with Crippen LogP contribution < -0.4 is 0 Å². The van der Waals surface area contributed by atoms with Crippen molar-refractivity contribution in [2.45, 2.75) is 39.7 Å². The zero-order valence-electron chi connectivity index (χ0n) is 12.6. The molecule has 3 heteroatoms. The zero-order chi connectivity index (χ0) is 15.0. The number of nitrogens with zero attached hydrogens (tertiary/aromatic N) is 1. The summed E-state index contributed by atoms with van der Waals surface area (Å²) in [5.74, 6) is 0.564. The number of aromatic nitrogens is 1.